The number of quaternary nitrogens is 1. The number of aliphatic hydroxyl groups excluding tert-OH is 1. The molecule has 67 heavy (non-hydrogen) atoms. The van der Waals surface area contributed by atoms with Crippen molar-refractivity contribution in [2.45, 2.75) is 328 Å². The van der Waals surface area contributed by atoms with Crippen LogP contribution in [-0.4, -0.2) is 73.4 Å². The maximum atomic E-state index is 13.0. The molecule has 0 heterocycles. The zero-order valence-corrected chi connectivity index (χ0v) is 46.8. The molecule has 0 radical (unpaired) electrons. The molecule has 0 spiro atoms. The van der Waals surface area contributed by atoms with Gasteiger partial charge in [0.15, 0.2) is 0 Å². The van der Waals surface area contributed by atoms with E-state index in [2.05, 4.69) is 19.2 Å². The van der Waals surface area contributed by atoms with Crippen molar-refractivity contribution in [3.05, 3.63) is 0 Å². The lowest BCUT2D eigenvalue weighted by molar-refractivity contribution is -0.870. The number of rotatable bonds is 56. The van der Waals surface area contributed by atoms with Crippen LogP contribution < -0.4 is 5.32 Å². The number of nitrogens with zero attached hydrogens (tertiary/aromatic N) is 1. The highest BCUT2D eigenvalue weighted by Crippen LogP contribution is 2.43. The SMILES string of the molecule is CCCCCCCCCCCCCCCCCCCCCCCCCCCC(O)C(COP(=O)(O)OCC[N+](C)(C)C)NC(=O)CCCCCCCCCCCCCCCCCCCCCC. The fraction of sp³-hybridized carbons (Fsp3) is 0.983. The van der Waals surface area contributed by atoms with E-state index in [1.165, 1.54) is 250 Å². The van der Waals surface area contributed by atoms with Crippen LogP contribution in [0.3, 0.4) is 0 Å². The lowest BCUT2D eigenvalue weighted by Gasteiger charge is -2.26. The summed E-state index contributed by atoms with van der Waals surface area (Å²) in [6, 6.07) is -0.755. The Bertz CT molecular complexity index is 1060. The number of likely N-dealkylation sites (N-methyl/N-ethyl adjacent to an activating group) is 1. The van der Waals surface area contributed by atoms with Crippen LogP contribution in [0.4, 0.5) is 0 Å². The minimum absolute atomic E-state index is 0.0792. The molecule has 0 aromatic carbocycles. The van der Waals surface area contributed by atoms with Crippen LogP contribution in [-0.2, 0) is 18.4 Å². The lowest BCUT2D eigenvalue weighted by Crippen LogP contribution is -2.46. The summed E-state index contributed by atoms with van der Waals surface area (Å²) in [5.74, 6) is -0.136. The first-order valence-electron chi connectivity index (χ1n) is 29.9. The summed E-state index contributed by atoms with van der Waals surface area (Å²) < 4.78 is 23.8. The van der Waals surface area contributed by atoms with E-state index >= 15 is 0 Å². The van der Waals surface area contributed by atoms with Crippen LogP contribution in [0.5, 0.6) is 0 Å². The Morgan fingerprint density at radius 1 is 0.448 bits per heavy atom. The second-order valence-electron chi connectivity index (χ2n) is 22.1. The molecule has 0 aromatic heterocycles. The van der Waals surface area contributed by atoms with E-state index in [1.54, 1.807) is 0 Å². The van der Waals surface area contributed by atoms with E-state index in [-0.39, 0.29) is 19.1 Å². The monoisotopic (exact) mass is 972 g/mol. The molecule has 9 heteroatoms. The first-order valence-corrected chi connectivity index (χ1v) is 31.4. The van der Waals surface area contributed by atoms with E-state index in [1.807, 2.05) is 21.1 Å². The van der Waals surface area contributed by atoms with E-state index in [0.29, 0.717) is 23.9 Å². The maximum Gasteiger partial charge on any atom is 0.472 e. The normalized spacial score (nSPS) is 13.8. The fourth-order valence-corrected chi connectivity index (χ4v) is 10.1. The van der Waals surface area contributed by atoms with E-state index in [4.69, 9.17) is 9.05 Å². The Hall–Kier alpha value is -0.500. The van der Waals surface area contributed by atoms with Gasteiger partial charge in [-0.1, -0.05) is 296 Å². The molecule has 0 saturated heterocycles. The Morgan fingerprint density at radius 2 is 0.716 bits per heavy atom. The highest BCUT2D eigenvalue weighted by molar-refractivity contribution is 7.47. The first-order chi connectivity index (χ1) is 32.5. The molecule has 0 aliphatic heterocycles. The van der Waals surface area contributed by atoms with Gasteiger partial charge in [0.25, 0.3) is 0 Å². The van der Waals surface area contributed by atoms with Gasteiger partial charge in [-0.2, -0.15) is 0 Å². The Balaban J connectivity index is 4.10. The fourth-order valence-electron chi connectivity index (χ4n) is 9.40. The van der Waals surface area contributed by atoms with E-state index in [9.17, 15) is 19.4 Å². The average Bonchev–Trinajstić information content (AvgIpc) is 3.29. The molecule has 0 bridgehead atoms. The summed E-state index contributed by atoms with van der Waals surface area (Å²) in [5, 5.41) is 14.1. The zero-order valence-electron chi connectivity index (χ0n) is 45.9. The number of aliphatic hydroxyl groups is 1. The Labute approximate surface area is 419 Å². The second kappa shape index (κ2) is 50.4. The van der Waals surface area contributed by atoms with Crippen molar-refractivity contribution in [2.75, 3.05) is 40.9 Å². The van der Waals surface area contributed by atoms with Crippen molar-refractivity contribution in [1.82, 2.24) is 5.32 Å². The van der Waals surface area contributed by atoms with Gasteiger partial charge in [-0.15, -0.1) is 0 Å². The minimum atomic E-state index is -4.32. The number of phosphoric ester groups is 1. The third kappa shape index (κ3) is 53.1. The smallest absolute Gasteiger partial charge is 0.391 e. The molecule has 3 atom stereocenters. The first kappa shape index (κ1) is 66.5. The van der Waals surface area contributed by atoms with Gasteiger partial charge in [-0.25, -0.2) is 4.57 Å². The highest BCUT2D eigenvalue weighted by atomic mass is 31.2. The highest BCUT2D eigenvalue weighted by Gasteiger charge is 2.28. The van der Waals surface area contributed by atoms with Crippen LogP contribution in [0.1, 0.15) is 316 Å². The number of phosphoric acid groups is 1. The quantitative estimate of drug-likeness (QED) is 0.0319. The predicted octanol–water partition coefficient (Wildman–Crippen LogP) is 18.0. The molecule has 3 unspecified atom stereocenters. The average molecular weight is 973 g/mol. The Kier molecular flexibility index (Phi) is 50.1. The van der Waals surface area contributed by atoms with Crippen LogP contribution in [0.25, 0.3) is 0 Å². The van der Waals surface area contributed by atoms with Gasteiger partial charge < -0.3 is 19.8 Å². The molecule has 8 nitrogen and oxygen atoms in total. The molecule has 3 N–H and O–H groups in total. The summed E-state index contributed by atoms with van der Waals surface area (Å²) in [6.07, 6.45) is 60.2. The van der Waals surface area contributed by atoms with Crippen molar-refractivity contribution in [1.29, 1.82) is 0 Å². The van der Waals surface area contributed by atoms with Crippen molar-refractivity contribution >= 4 is 13.7 Å². The van der Waals surface area contributed by atoms with Crippen LogP contribution in [0.2, 0.25) is 0 Å². The minimum Gasteiger partial charge on any atom is -0.391 e. The van der Waals surface area contributed by atoms with Gasteiger partial charge >= 0.3 is 7.82 Å². The maximum absolute atomic E-state index is 13.0. The summed E-state index contributed by atoms with van der Waals surface area (Å²) in [5.41, 5.74) is 0. The summed E-state index contributed by atoms with van der Waals surface area (Å²) in [6.45, 7) is 4.95. The molecule has 0 rings (SSSR count). The van der Waals surface area contributed by atoms with Crippen molar-refractivity contribution in [3.63, 3.8) is 0 Å². The number of hydrogen-bond donors (Lipinski definition) is 3. The van der Waals surface area contributed by atoms with Gasteiger partial charge in [0.2, 0.25) is 5.91 Å². The van der Waals surface area contributed by atoms with E-state index < -0.39 is 20.0 Å². The summed E-state index contributed by atoms with van der Waals surface area (Å²) >= 11 is 0. The molecule has 0 aromatic rings. The van der Waals surface area contributed by atoms with Crippen molar-refractivity contribution < 1.29 is 32.9 Å². The van der Waals surface area contributed by atoms with Gasteiger partial charge in [0.1, 0.15) is 13.2 Å². The van der Waals surface area contributed by atoms with Crippen LogP contribution in [0, 0.1) is 0 Å². The third-order valence-corrected chi connectivity index (χ3v) is 15.1. The molecular formula is C58H120N2O6P+. The molecule has 402 valence electrons. The number of hydrogen-bond acceptors (Lipinski definition) is 5. The van der Waals surface area contributed by atoms with E-state index in [0.717, 1.165) is 38.5 Å². The molecule has 0 fully saturated rings. The van der Waals surface area contributed by atoms with Crippen LogP contribution in [0.15, 0.2) is 0 Å². The topological polar surface area (TPSA) is 105 Å². The van der Waals surface area contributed by atoms with Crippen LogP contribution >= 0.6 is 7.82 Å². The number of unbranched alkanes of at least 4 members (excludes halogenated alkanes) is 43. The standard InChI is InChI=1S/C58H119N2O6P/c1-6-8-10-12-14-16-18-20-22-24-26-28-29-30-31-32-33-35-37-39-41-43-45-47-49-51-57(61)56(55-66-67(63,64)65-54-53-60(3,4)5)59-58(62)52-50-48-46-44-42-40-38-36-34-27-25-23-21-19-17-15-13-11-9-7-2/h56-57,61H,6-55H2,1-5H3,(H-,59,62,63,64)/p+1. The van der Waals surface area contributed by atoms with Gasteiger partial charge in [-0.05, 0) is 12.8 Å². The Morgan fingerprint density at radius 3 is 1.00 bits per heavy atom. The number of nitrogens with one attached hydrogen (secondary N) is 1. The molecule has 0 aliphatic rings. The largest absolute Gasteiger partial charge is 0.472 e. The van der Waals surface area contributed by atoms with Gasteiger partial charge in [-0.3, -0.25) is 13.8 Å². The van der Waals surface area contributed by atoms with Gasteiger partial charge in [0.05, 0.1) is 39.9 Å². The molecule has 1 amide bonds. The lowest BCUT2D eigenvalue weighted by atomic mass is 10.0. The third-order valence-electron chi connectivity index (χ3n) is 14.1. The van der Waals surface area contributed by atoms with Crippen molar-refractivity contribution in [2.24, 2.45) is 0 Å². The zero-order chi connectivity index (χ0) is 49.2. The number of carbonyl (C=O) groups is 1. The summed E-state index contributed by atoms with van der Waals surface area (Å²) in [7, 11) is 1.64. The van der Waals surface area contributed by atoms with Crippen molar-refractivity contribution in [3.8, 4) is 0 Å². The predicted molar refractivity (Wildman–Crippen MR) is 291 cm³/mol. The molecular weight excluding hydrogens is 852 g/mol. The summed E-state index contributed by atoms with van der Waals surface area (Å²) in [4.78, 5) is 23.3. The molecule has 0 saturated carbocycles. The number of carbonyl (C=O) groups excluding carboxylic acids is 1. The second-order valence-corrected chi connectivity index (χ2v) is 23.5. The van der Waals surface area contributed by atoms with Gasteiger partial charge in [0, 0.05) is 6.42 Å². The molecule has 0 aliphatic carbocycles. The number of amides is 1.